The molecule has 19 heavy (non-hydrogen) atoms. The van der Waals surface area contributed by atoms with E-state index in [1.165, 1.54) is 12.0 Å². The van der Waals surface area contributed by atoms with Gasteiger partial charge in [0.25, 0.3) is 0 Å². The third-order valence-electron chi connectivity index (χ3n) is 3.91. The van der Waals surface area contributed by atoms with Crippen LogP contribution in [0.15, 0.2) is 28.7 Å². The largest absolute Gasteiger partial charge is 0.444 e. The summed E-state index contributed by atoms with van der Waals surface area (Å²) in [5.74, 6) is 0. The first-order valence-electron chi connectivity index (χ1n) is 6.58. The summed E-state index contributed by atoms with van der Waals surface area (Å²) < 4.78 is 6.33. The molecule has 1 aromatic rings. The van der Waals surface area contributed by atoms with Crippen LogP contribution in [-0.2, 0) is 10.2 Å². The molecule has 1 aliphatic rings. The molecule has 0 atom stereocenters. The summed E-state index contributed by atoms with van der Waals surface area (Å²) in [7, 11) is 0. The number of ether oxygens (including phenoxy) is 1. The Morgan fingerprint density at radius 1 is 1.37 bits per heavy atom. The quantitative estimate of drug-likeness (QED) is 0.904. The lowest BCUT2D eigenvalue weighted by atomic mass is 9.60. The maximum atomic E-state index is 11.0. The highest BCUT2D eigenvalue weighted by atomic mass is 79.9. The van der Waals surface area contributed by atoms with Gasteiger partial charge in [-0.05, 0) is 56.2 Å². The average molecular weight is 326 g/mol. The van der Waals surface area contributed by atoms with Gasteiger partial charge in [-0.3, -0.25) is 0 Å². The molecule has 4 heteroatoms. The van der Waals surface area contributed by atoms with E-state index in [9.17, 15) is 4.79 Å². The van der Waals surface area contributed by atoms with Crippen molar-refractivity contribution in [3.63, 3.8) is 0 Å². The van der Waals surface area contributed by atoms with Crippen molar-refractivity contribution in [1.82, 2.24) is 0 Å². The SMILES string of the molecule is CC(C)(CC1(c2ccc(Br)cc2)CCC1)OC(N)=O. The van der Waals surface area contributed by atoms with Crippen molar-refractivity contribution in [2.45, 2.75) is 50.5 Å². The monoisotopic (exact) mass is 325 g/mol. The number of hydrogen-bond acceptors (Lipinski definition) is 2. The van der Waals surface area contributed by atoms with Crippen LogP contribution in [0.3, 0.4) is 0 Å². The highest BCUT2D eigenvalue weighted by Gasteiger charge is 2.43. The van der Waals surface area contributed by atoms with Gasteiger partial charge in [0.15, 0.2) is 0 Å². The molecule has 1 aliphatic carbocycles. The Labute approximate surface area is 122 Å². The van der Waals surface area contributed by atoms with Crippen LogP contribution in [0.5, 0.6) is 0 Å². The number of amides is 1. The number of rotatable bonds is 4. The molecule has 0 spiro atoms. The molecule has 1 amide bonds. The van der Waals surface area contributed by atoms with E-state index in [4.69, 9.17) is 10.5 Å². The van der Waals surface area contributed by atoms with Crippen LogP contribution < -0.4 is 5.73 Å². The number of nitrogens with two attached hydrogens (primary N) is 1. The zero-order valence-corrected chi connectivity index (χ0v) is 13.0. The van der Waals surface area contributed by atoms with E-state index in [0.29, 0.717) is 0 Å². The molecule has 1 aromatic carbocycles. The fourth-order valence-corrected chi connectivity index (χ4v) is 3.36. The van der Waals surface area contributed by atoms with Gasteiger partial charge in [0.2, 0.25) is 0 Å². The van der Waals surface area contributed by atoms with Crippen LogP contribution in [0.25, 0.3) is 0 Å². The van der Waals surface area contributed by atoms with Crippen LogP contribution in [-0.4, -0.2) is 11.7 Å². The lowest BCUT2D eigenvalue weighted by Gasteiger charge is -2.46. The highest BCUT2D eigenvalue weighted by Crippen LogP contribution is 2.49. The van der Waals surface area contributed by atoms with Crippen LogP contribution >= 0.6 is 15.9 Å². The molecule has 0 aliphatic heterocycles. The molecule has 0 bridgehead atoms. The number of carbonyl (C=O) groups excluding carboxylic acids is 1. The predicted octanol–water partition coefficient (Wildman–Crippen LogP) is 4.13. The van der Waals surface area contributed by atoms with Gasteiger partial charge in [-0.15, -0.1) is 0 Å². The molecule has 1 fully saturated rings. The summed E-state index contributed by atoms with van der Waals surface area (Å²) >= 11 is 3.46. The highest BCUT2D eigenvalue weighted by molar-refractivity contribution is 9.10. The molecule has 2 N–H and O–H groups in total. The molecule has 104 valence electrons. The second-order valence-corrected chi connectivity index (χ2v) is 6.91. The van der Waals surface area contributed by atoms with E-state index in [2.05, 4.69) is 40.2 Å². The van der Waals surface area contributed by atoms with Gasteiger partial charge in [0, 0.05) is 4.47 Å². The lowest BCUT2D eigenvalue weighted by molar-refractivity contribution is 0.00510. The summed E-state index contributed by atoms with van der Waals surface area (Å²) in [4.78, 5) is 11.0. The number of primary amides is 1. The number of benzene rings is 1. The minimum absolute atomic E-state index is 0.125. The predicted molar refractivity (Wildman–Crippen MR) is 79.0 cm³/mol. The Bertz CT molecular complexity index is 464. The number of halogens is 1. The fraction of sp³-hybridized carbons (Fsp3) is 0.533. The minimum atomic E-state index is -0.699. The molecule has 0 aromatic heterocycles. The maximum absolute atomic E-state index is 11.0. The van der Waals surface area contributed by atoms with Crippen molar-refractivity contribution in [3.8, 4) is 0 Å². The molecule has 0 unspecified atom stereocenters. The fourth-order valence-electron chi connectivity index (χ4n) is 3.10. The molecular weight excluding hydrogens is 306 g/mol. The van der Waals surface area contributed by atoms with Crippen molar-refractivity contribution >= 4 is 22.0 Å². The van der Waals surface area contributed by atoms with Crippen molar-refractivity contribution in [3.05, 3.63) is 34.3 Å². The van der Waals surface area contributed by atoms with Gasteiger partial charge in [0.1, 0.15) is 5.60 Å². The molecular formula is C15H20BrNO2. The van der Waals surface area contributed by atoms with Gasteiger partial charge < -0.3 is 10.5 Å². The maximum Gasteiger partial charge on any atom is 0.405 e. The van der Waals surface area contributed by atoms with E-state index < -0.39 is 11.7 Å². The molecule has 2 rings (SSSR count). The normalized spacial score (nSPS) is 17.6. The van der Waals surface area contributed by atoms with Crippen LogP contribution in [0, 0.1) is 0 Å². The first-order valence-corrected chi connectivity index (χ1v) is 7.37. The average Bonchev–Trinajstić information content (AvgIpc) is 2.23. The third kappa shape index (κ3) is 3.30. The van der Waals surface area contributed by atoms with Gasteiger partial charge >= 0.3 is 6.09 Å². The molecule has 1 saturated carbocycles. The zero-order chi connectivity index (χ0) is 14.1. The summed E-state index contributed by atoms with van der Waals surface area (Å²) in [5, 5.41) is 0. The van der Waals surface area contributed by atoms with Gasteiger partial charge in [0.05, 0.1) is 0 Å². The van der Waals surface area contributed by atoms with E-state index >= 15 is 0 Å². The lowest BCUT2D eigenvalue weighted by Crippen LogP contribution is -2.44. The smallest absolute Gasteiger partial charge is 0.405 e. The van der Waals surface area contributed by atoms with E-state index in [1.54, 1.807) is 0 Å². The molecule has 0 saturated heterocycles. The number of carbonyl (C=O) groups is 1. The summed E-state index contributed by atoms with van der Waals surface area (Å²) in [6.45, 7) is 3.85. The topological polar surface area (TPSA) is 52.3 Å². The summed E-state index contributed by atoms with van der Waals surface area (Å²) in [6.07, 6.45) is 3.61. The second-order valence-electron chi connectivity index (χ2n) is 6.00. The van der Waals surface area contributed by atoms with Crippen LogP contribution in [0.4, 0.5) is 4.79 Å². The Morgan fingerprint density at radius 3 is 2.37 bits per heavy atom. The molecule has 0 radical (unpaired) electrons. The Morgan fingerprint density at radius 2 is 1.95 bits per heavy atom. The first kappa shape index (κ1) is 14.4. The third-order valence-corrected chi connectivity index (χ3v) is 4.44. The summed E-state index contributed by atoms with van der Waals surface area (Å²) in [5.41, 5.74) is 6.07. The van der Waals surface area contributed by atoms with Gasteiger partial charge in [-0.1, -0.05) is 34.5 Å². The van der Waals surface area contributed by atoms with Crippen molar-refractivity contribution in [1.29, 1.82) is 0 Å². The standard InChI is InChI=1S/C15H20BrNO2/c1-14(2,19-13(17)18)10-15(8-3-9-15)11-4-6-12(16)7-5-11/h4-7H,3,8-10H2,1-2H3,(H2,17,18). The van der Waals surface area contributed by atoms with Crippen LogP contribution in [0.2, 0.25) is 0 Å². The minimum Gasteiger partial charge on any atom is -0.444 e. The van der Waals surface area contributed by atoms with Gasteiger partial charge in [-0.25, -0.2) is 4.79 Å². The van der Waals surface area contributed by atoms with Crippen molar-refractivity contribution in [2.75, 3.05) is 0 Å². The Kier molecular flexibility index (Phi) is 3.90. The second kappa shape index (κ2) is 5.16. The van der Waals surface area contributed by atoms with E-state index in [1.807, 2.05) is 13.8 Å². The van der Waals surface area contributed by atoms with E-state index in [-0.39, 0.29) is 5.41 Å². The van der Waals surface area contributed by atoms with Crippen molar-refractivity contribution < 1.29 is 9.53 Å². The van der Waals surface area contributed by atoms with Gasteiger partial charge in [-0.2, -0.15) is 0 Å². The number of hydrogen-bond donors (Lipinski definition) is 1. The first-order chi connectivity index (χ1) is 8.83. The summed E-state index contributed by atoms with van der Waals surface area (Å²) in [6, 6.07) is 8.45. The Hall–Kier alpha value is -1.03. The zero-order valence-electron chi connectivity index (χ0n) is 11.4. The van der Waals surface area contributed by atoms with Crippen molar-refractivity contribution in [2.24, 2.45) is 5.73 Å². The molecule has 3 nitrogen and oxygen atoms in total. The molecule has 0 heterocycles. The van der Waals surface area contributed by atoms with Crippen LogP contribution in [0.1, 0.15) is 45.1 Å². The Balaban J connectivity index is 2.19. The van der Waals surface area contributed by atoms with E-state index in [0.717, 1.165) is 23.7 Å².